The van der Waals surface area contributed by atoms with Crippen molar-refractivity contribution in [2.24, 2.45) is 5.73 Å². The molecule has 0 saturated heterocycles. The molecule has 1 unspecified atom stereocenters. The van der Waals surface area contributed by atoms with Crippen molar-refractivity contribution in [3.8, 4) is 29.0 Å². The molecule has 3 N–H and O–H groups in total. The first kappa shape index (κ1) is 22.4. The predicted octanol–water partition coefficient (Wildman–Crippen LogP) is 4.42. The van der Waals surface area contributed by atoms with E-state index in [4.69, 9.17) is 15.2 Å². The van der Waals surface area contributed by atoms with Crippen LogP contribution in [-0.2, 0) is 0 Å². The monoisotopic (exact) mass is 479 g/mol. The smallest absolute Gasteiger partial charge is 0.343 e. The maximum absolute atomic E-state index is 12.9. The second-order valence-corrected chi connectivity index (χ2v) is 7.84. The van der Waals surface area contributed by atoms with Gasteiger partial charge in [-0.2, -0.15) is 5.26 Å². The fourth-order valence-corrected chi connectivity index (χ4v) is 4.10. The number of hydrogen-bond donors (Lipinski definition) is 2. The van der Waals surface area contributed by atoms with Gasteiger partial charge < -0.3 is 15.2 Å². The lowest BCUT2D eigenvalue weighted by molar-refractivity contribution is -0.384. The Kier molecular flexibility index (Phi) is 5.64. The van der Waals surface area contributed by atoms with Crippen molar-refractivity contribution >= 4 is 11.7 Å². The number of nitro benzene ring substituents is 1. The summed E-state index contributed by atoms with van der Waals surface area (Å²) in [6.45, 7) is 0. The average Bonchev–Trinajstić information content (AvgIpc) is 3.32. The van der Waals surface area contributed by atoms with E-state index in [9.17, 15) is 20.2 Å². The lowest BCUT2D eigenvalue weighted by Crippen LogP contribution is -2.22. The first-order valence-corrected chi connectivity index (χ1v) is 10.7. The molecule has 36 heavy (non-hydrogen) atoms. The van der Waals surface area contributed by atoms with E-state index in [1.165, 1.54) is 18.2 Å². The molecule has 0 amide bonds. The molecule has 10 heteroatoms. The number of nitrogens with two attached hydrogens (primary N) is 1. The zero-order valence-corrected chi connectivity index (χ0v) is 18.5. The van der Waals surface area contributed by atoms with Gasteiger partial charge in [-0.3, -0.25) is 15.2 Å². The number of aromatic nitrogens is 2. The zero-order chi connectivity index (χ0) is 25.2. The Hall–Kier alpha value is -5.43. The molecule has 0 bridgehead atoms. The number of H-pyrrole nitrogens is 1. The Bertz CT molecular complexity index is 1570. The third-order valence-electron chi connectivity index (χ3n) is 5.73. The van der Waals surface area contributed by atoms with Gasteiger partial charge in [0.25, 0.3) is 5.69 Å². The number of esters is 1. The van der Waals surface area contributed by atoms with Crippen LogP contribution in [0.2, 0.25) is 0 Å². The van der Waals surface area contributed by atoms with E-state index in [-0.39, 0.29) is 34.3 Å². The van der Waals surface area contributed by atoms with E-state index in [1.54, 1.807) is 24.3 Å². The van der Waals surface area contributed by atoms with Crippen LogP contribution >= 0.6 is 0 Å². The summed E-state index contributed by atoms with van der Waals surface area (Å²) in [5.41, 5.74) is 8.44. The van der Waals surface area contributed by atoms with Crippen LogP contribution in [0.25, 0.3) is 11.3 Å². The SMILES string of the molecule is N#CC1=C(N)Oc2n[nH]c(-c3ccccc3)c2C1c1ccccc1OC(=O)c1cccc([N+](=O)[O-])c1. The van der Waals surface area contributed by atoms with Crippen LogP contribution in [0.4, 0.5) is 5.69 Å². The first-order valence-electron chi connectivity index (χ1n) is 10.7. The average molecular weight is 479 g/mol. The van der Waals surface area contributed by atoms with E-state index in [0.29, 0.717) is 16.8 Å². The molecular formula is C26H17N5O5. The number of nitrogens with one attached hydrogen (secondary N) is 1. The second-order valence-electron chi connectivity index (χ2n) is 7.84. The lowest BCUT2D eigenvalue weighted by Gasteiger charge is -2.25. The standard InChI is InChI=1S/C26H17N5O5/c27-14-19-21(22-23(15-7-2-1-3-8-15)29-30-25(22)36-24(19)28)18-11-4-5-12-20(18)35-26(32)16-9-6-10-17(13-16)31(33)34/h1-13,21H,28H2,(H,29,30). The molecule has 176 valence electrons. The van der Waals surface area contributed by atoms with E-state index in [2.05, 4.69) is 16.3 Å². The fraction of sp³-hybridized carbons (Fsp3) is 0.0385. The summed E-state index contributed by atoms with van der Waals surface area (Å²) in [6, 6.07) is 23.4. The molecule has 0 fully saturated rings. The van der Waals surface area contributed by atoms with Gasteiger partial charge in [0, 0.05) is 17.7 Å². The minimum Gasteiger partial charge on any atom is -0.423 e. The number of allylic oxidation sites excluding steroid dienone is 1. The minimum absolute atomic E-state index is 0.00974. The van der Waals surface area contributed by atoms with E-state index in [0.717, 1.165) is 11.6 Å². The second kappa shape index (κ2) is 9.08. The molecule has 4 aromatic rings. The van der Waals surface area contributed by atoms with E-state index in [1.807, 2.05) is 30.3 Å². The number of carbonyl (C=O) groups excluding carboxylic acids is 1. The number of para-hydroxylation sites is 1. The normalized spacial score (nSPS) is 14.4. The maximum atomic E-state index is 12.9. The molecule has 0 radical (unpaired) electrons. The molecule has 2 heterocycles. The number of benzene rings is 3. The van der Waals surface area contributed by atoms with Crippen LogP contribution in [0.1, 0.15) is 27.4 Å². The van der Waals surface area contributed by atoms with Crippen LogP contribution in [0, 0.1) is 21.4 Å². The molecule has 0 aliphatic carbocycles. The van der Waals surface area contributed by atoms with E-state index < -0.39 is 16.8 Å². The van der Waals surface area contributed by atoms with Crippen molar-refractivity contribution in [1.29, 1.82) is 5.26 Å². The van der Waals surface area contributed by atoms with Crippen LogP contribution in [-0.4, -0.2) is 21.1 Å². The number of carbonyl (C=O) groups is 1. The third kappa shape index (κ3) is 3.91. The number of nitriles is 1. The number of hydrogen-bond acceptors (Lipinski definition) is 8. The van der Waals surface area contributed by atoms with Gasteiger partial charge >= 0.3 is 5.97 Å². The molecule has 10 nitrogen and oxygen atoms in total. The van der Waals surface area contributed by atoms with Crippen molar-refractivity contribution in [2.45, 2.75) is 5.92 Å². The number of ether oxygens (including phenoxy) is 2. The molecule has 0 spiro atoms. The molecule has 1 aliphatic heterocycles. The summed E-state index contributed by atoms with van der Waals surface area (Å²) < 4.78 is 11.3. The highest BCUT2D eigenvalue weighted by Crippen LogP contribution is 2.47. The van der Waals surface area contributed by atoms with Gasteiger partial charge in [-0.25, -0.2) is 4.79 Å². The molecule has 5 rings (SSSR count). The number of nitro groups is 1. The van der Waals surface area contributed by atoms with E-state index >= 15 is 0 Å². The number of rotatable bonds is 5. The highest BCUT2D eigenvalue weighted by atomic mass is 16.6. The van der Waals surface area contributed by atoms with Crippen LogP contribution in [0.3, 0.4) is 0 Å². The number of aromatic amines is 1. The van der Waals surface area contributed by atoms with Crippen molar-refractivity contribution in [1.82, 2.24) is 10.2 Å². The molecule has 3 aromatic carbocycles. The molecule has 0 saturated carbocycles. The minimum atomic E-state index is -0.788. The third-order valence-corrected chi connectivity index (χ3v) is 5.73. The van der Waals surface area contributed by atoms with Crippen LogP contribution in [0.15, 0.2) is 90.3 Å². The first-order chi connectivity index (χ1) is 17.5. The quantitative estimate of drug-likeness (QED) is 0.184. The molecular weight excluding hydrogens is 462 g/mol. The van der Waals surface area contributed by atoms with Gasteiger partial charge in [0.2, 0.25) is 11.8 Å². The molecule has 1 atom stereocenters. The molecule has 1 aromatic heterocycles. The van der Waals surface area contributed by atoms with Crippen molar-refractivity contribution in [2.75, 3.05) is 0 Å². The Labute approximate surface area is 204 Å². The number of fused-ring (bicyclic) bond motifs is 1. The fourth-order valence-electron chi connectivity index (χ4n) is 4.10. The summed E-state index contributed by atoms with van der Waals surface area (Å²) in [7, 11) is 0. The number of nitrogens with zero attached hydrogens (tertiary/aromatic N) is 3. The number of non-ortho nitro benzene ring substituents is 1. The Morgan fingerprint density at radius 2 is 1.86 bits per heavy atom. The predicted molar refractivity (Wildman–Crippen MR) is 128 cm³/mol. The van der Waals surface area contributed by atoms with Gasteiger partial charge in [-0.15, -0.1) is 5.10 Å². The lowest BCUT2D eigenvalue weighted by atomic mass is 9.82. The van der Waals surface area contributed by atoms with Gasteiger partial charge in [0.1, 0.15) is 17.4 Å². The van der Waals surface area contributed by atoms with Crippen molar-refractivity contribution in [3.05, 3.63) is 117 Å². The van der Waals surface area contributed by atoms with Gasteiger partial charge in [-0.05, 0) is 17.7 Å². The van der Waals surface area contributed by atoms with Gasteiger partial charge in [-0.1, -0.05) is 54.6 Å². The largest absolute Gasteiger partial charge is 0.423 e. The summed E-state index contributed by atoms with van der Waals surface area (Å²) in [5.74, 6) is -1.30. The summed E-state index contributed by atoms with van der Waals surface area (Å²) in [6.07, 6.45) is 0. The zero-order valence-electron chi connectivity index (χ0n) is 18.5. The summed E-state index contributed by atoms with van der Waals surface area (Å²) >= 11 is 0. The Balaban J connectivity index is 1.61. The van der Waals surface area contributed by atoms with Crippen LogP contribution in [0.5, 0.6) is 11.6 Å². The highest BCUT2D eigenvalue weighted by Gasteiger charge is 2.37. The Morgan fingerprint density at radius 3 is 2.61 bits per heavy atom. The Morgan fingerprint density at radius 1 is 1.11 bits per heavy atom. The van der Waals surface area contributed by atoms with Crippen molar-refractivity contribution in [3.63, 3.8) is 0 Å². The summed E-state index contributed by atoms with van der Waals surface area (Å²) in [4.78, 5) is 23.5. The van der Waals surface area contributed by atoms with Gasteiger partial charge in [0.05, 0.1) is 27.7 Å². The summed E-state index contributed by atoms with van der Waals surface area (Å²) in [5, 5.41) is 28.3. The molecule has 1 aliphatic rings. The van der Waals surface area contributed by atoms with Crippen molar-refractivity contribution < 1.29 is 19.2 Å². The van der Waals surface area contributed by atoms with Crippen LogP contribution < -0.4 is 15.2 Å². The topological polar surface area (TPSA) is 157 Å². The highest BCUT2D eigenvalue weighted by molar-refractivity contribution is 5.92. The van der Waals surface area contributed by atoms with Gasteiger partial charge in [0.15, 0.2) is 0 Å². The maximum Gasteiger partial charge on any atom is 0.343 e.